The van der Waals surface area contributed by atoms with Crippen LogP contribution in [0, 0.1) is 0 Å². The lowest BCUT2D eigenvalue weighted by Gasteiger charge is -2.27. The fourth-order valence-electron chi connectivity index (χ4n) is 3.40. The molecule has 2 aliphatic heterocycles. The average molecular weight is 344 g/mol. The molecule has 0 aromatic heterocycles. The molecule has 2 heterocycles. The lowest BCUT2D eigenvalue weighted by atomic mass is 10.0. The zero-order valence-corrected chi connectivity index (χ0v) is 14.7. The van der Waals surface area contributed by atoms with Crippen LogP contribution in [0.1, 0.15) is 31.2 Å². The van der Waals surface area contributed by atoms with Crippen molar-refractivity contribution >= 4 is 17.5 Å². The maximum atomic E-state index is 11.8. The van der Waals surface area contributed by atoms with Crippen molar-refractivity contribution in [3.8, 4) is 0 Å². The van der Waals surface area contributed by atoms with Gasteiger partial charge in [0.15, 0.2) is 0 Å². The number of hydrogen-bond acceptors (Lipinski definition) is 5. The maximum absolute atomic E-state index is 11.8. The van der Waals surface area contributed by atoms with Crippen molar-refractivity contribution in [2.75, 3.05) is 38.0 Å². The Morgan fingerprint density at radius 3 is 2.56 bits per heavy atom. The number of imide groups is 1. The number of anilines is 1. The molecule has 0 radical (unpaired) electrons. The van der Waals surface area contributed by atoms with Crippen molar-refractivity contribution < 1.29 is 9.59 Å². The summed E-state index contributed by atoms with van der Waals surface area (Å²) in [5.41, 5.74) is 2.26. The van der Waals surface area contributed by atoms with E-state index < -0.39 is 0 Å². The highest BCUT2D eigenvalue weighted by atomic mass is 16.2. The van der Waals surface area contributed by atoms with E-state index in [1.54, 1.807) is 0 Å². The summed E-state index contributed by atoms with van der Waals surface area (Å²) in [6, 6.07) is 7.98. The first-order valence-electron chi connectivity index (χ1n) is 9.33. The summed E-state index contributed by atoms with van der Waals surface area (Å²) in [7, 11) is 0. The topological polar surface area (TPSA) is 73.5 Å². The summed E-state index contributed by atoms with van der Waals surface area (Å²) in [5, 5.41) is 8.97. The Morgan fingerprint density at radius 2 is 1.84 bits per heavy atom. The molecule has 0 spiro atoms. The monoisotopic (exact) mass is 344 g/mol. The van der Waals surface area contributed by atoms with E-state index in [0.29, 0.717) is 12.8 Å². The third-order valence-electron chi connectivity index (χ3n) is 4.93. The number of carbonyl (C=O) groups excluding carboxylic acids is 2. The number of unbranched alkanes of at least 4 members (excludes halogenated alkanes) is 1. The van der Waals surface area contributed by atoms with Crippen LogP contribution in [0.4, 0.5) is 5.69 Å². The Balaban J connectivity index is 1.38. The van der Waals surface area contributed by atoms with Gasteiger partial charge in [0, 0.05) is 38.3 Å². The van der Waals surface area contributed by atoms with Crippen LogP contribution >= 0.6 is 0 Å². The average Bonchev–Trinajstić information content (AvgIpc) is 2.63. The third-order valence-corrected chi connectivity index (χ3v) is 4.93. The first-order chi connectivity index (χ1) is 12.2. The van der Waals surface area contributed by atoms with Crippen molar-refractivity contribution in [2.24, 2.45) is 0 Å². The zero-order chi connectivity index (χ0) is 17.5. The summed E-state index contributed by atoms with van der Waals surface area (Å²) in [4.78, 5) is 25.5. The van der Waals surface area contributed by atoms with E-state index in [4.69, 9.17) is 0 Å². The summed E-state index contributed by atoms with van der Waals surface area (Å²) in [5.74, 6) is -0.410. The molecule has 136 valence electrons. The molecule has 1 atom stereocenters. The number of amides is 2. The highest BCUT2D eigenvalue weighted by molar-refractivity contribution is 6.01. The fraction of sp³-hybridized carbons (Fsp3) is 0.579. The van der Waals surface area contributed by atoms with E-state index in [0.717, 1.165) is 25.2 Å². The summed E-state index contributed by atoms with van der Waals surface area (Å²) in [6.45, 7) is 5.75. The first kappa shape index (κ1) is 17.9. The summed E-state index contributed by atoms with van der Waals surface area (Å²) < 4.78 is 0. The van der Waals surface area contributed by atoms with Crippen molar-refractivity contribution in [3.63, 3.8) is 0 Å². The molecule has 0 saturated carbocycles. The molecule has 1 aromatic carbocycles. The number of carbonyl (C=O) groups is 2. The SMILES string of the molecule is O=C1CCC(Nc2ccc(CCCCN3CCNCC3)cc2)C(=O)N1. The van der Waals surface area contributed by atoms with Gasteiger partial charge in [-0.2, -0.15) is 0 Å². The second kappa shape index (κ2) is 8.97. The molecule has 0 bridgehead atoms. The van der Waals surface area contributed by atoms with Crippen LogP contribution in [0.2, 0.25) is 0 Å². The Hall–Kier alpha value is -1.92. The van der Waals surface area contributed by atoms with Gasteiger partial charge in [-0.05, 0) is 49.9 Å². The van der Waals surface area contributed by atoms with Crippen molar-refractivity contribution in [3.05, 3.63) is 29.8 Å². The fourth-order valence-corrected chi connectivity index (χ4v) is 3.40. The van der Waals surface area contributed by atoms with Crippen molar-refractivity contribution in [2.45, 2.75) is 38.1 Å². The van der Waals surface area contributed by atoms with E-state index in [1.807, 2.05) is 12.1 Å². The number of nitrogens with zero attached hydrogens (tertiary/aromatic N) is 1. The van der Waals surface area contributed by atoms with Crippen LogP contribution in [0.15, 0.2) is 24.3 Å². The molecular weight excluding hydrogens is 316 g/mol. The van der Waals surface area contributed by atoms with E-state index in [1.165, 1.54) is 38.0 Å². The van der Waals surface area contributed by atoms with Crippen LogP contribution in [-0.4, -0.2) is 55.5 Å². The minimum atomic E-state index is -0.317. The minimum absolute atomic E-state index is 0.181. The zero-order valence-electron chi connectivity index (χ0n) is 14.7. The largest absolute Gasteiger partial charge is 0.374 e. The lowest BCUT2D eigenvalue weighted by Crippen LogP contribution is -2.47. The van der Waals surface area contributed by atoms with E-state index >= 15 is 0 Å². The van der Waals surface area contributed by atoms with Gasteiger partial charge in [0.25, 0.3) is 0 Å². The number of piperazine rings is 1. The van der Waals surface area contributed by atoms with Crippen LogP contribution in [0.3, 0.4) is 0 Å². The molecule has 0 aliphatic carbocycles. The van der Waals surface area contributed by atoms with Gasteiger partial charge >= 0.3 is 0 Å². The Labute approximate surface area is 149 Å². The molecule has 25 heavy (non-hydrogen) atoms. The predicted molar refractivity (Wildman–Crippen MR) is 98.5 cm³/mol. The molecular formula is C19H28N4O2. The highest BCUT2D eigenvalue weighted by Crippen LogP contribution is 2.16. The quantitative estimate of drug-likeness (QED) is 0.511. The number of nitrogens with one attached hydrogen (secondary N) is 3. The molecule has 1 unspecified atom stereocenters. The molecule has 1 aromatic rings. The van der Waals surface area contributed by atoms with E-state index in [-0.39, 0.29) is 17.9 Å². The van der Waals surface area contributed by atoms with Gasteiger partial charge < -0.3 is 15.5 Å². The van der Waals surface area contributed by atoms with E-state index in [2.05, 4.69) is 33.0 Å². The molecule has 6 nitrogen and oxygen atoms in total. The predicted octanol–water partition coefficient (Wildman–Crippen LogP) is 1.13. The molecule has 2 aliphatic rings. The minimum Gasteiger partial charge on any atom is -0.374 e. The molecule has 3 N–H and O–H groups in total. The van der Waals surface area contributed by atoms with Crippen LogP contribution in [0.25, 0.3) is 0 Å². The number of aryl methyl sites for hydroxylation is 1. The number of rotatable bonds is 7. The summed E-state index contributed by atoms with van der Waals surface area (Å²) in [6.07, 6.45) is 4.47. The van der Waals surface area contributed by atoms with Gasteiger partial charge in [-0.25, -0.2) is 0 Å². The Bertz CT molecular complexity index is 582. The number of hydrogen-bond donors (Lipinski definition) is 3. The van der Waals surface area contributed by atoms with Crippen LogP contribution in [0.5, 0.6) is 0 Å². The van der Waals surface area contributed by atoms with Gasteiger partial charge in [-0.1, -0.05) is 12.1 Å². The molecule has 2 amide bonds. The van der Waals surface area contributed by atoms with Gasteiger partial charge in [0.1, 0.15) is 6.04 Å². The van der Waals surface area contributed by atoms with Gasteiger partial charge in [-0.3, -0.25) is 14.9 Å². The van der Waals surface area contributed by atoms with Crippen molar-refractivity contribution in [1.82, 2.24) is 15.5 Å². The van der Waals surface area contributed by atoms with Crippen LogP contribution < -0.4 is 16.0 Å². The number of piperidine rings is 1. The first-order valence-corrected chi connectivity index (χ1v) is 9.33. The second-order valence-electron chi connectivity index (χ2n) is 6.89. The number of benzene rings is 1. The third kappa shape index (κ3) is 5.54. The standard InChI is InChI=1S/C19H28N4O2/c24-18-9-8-17(19(25)22-18)21-16-6-4-15(5-7-16)3-1-2-12-23-13-10-20-11-14-23/h4-7,17,20-21H,1-3,8-14H2,(H,22,24,25). The highest BCUT2D eigenvalue weighted by Gasteiger charge is 2.26. The van der Waals surface area contributed by atoms with Gasteiger partial charge in [0.2, 0.25) is 11.8 Å². The lowest BCUT2D eigenvalue weighted by molar-refractivity contribution is -0.133. The van der Waals surface area contributed by atoms with Crippen LogP contribution in [-0.2, 0) is 16.0 Å². The van der Waals surface area contributed by atoms with E-state index in [9.17, 15) is 9.59 Å². The molecule has 6 heteroatoms. The summed E-state index contributed by atoms with van der Waals surface area (Å²) >= 11 is 0. The smallest absolute Gasteiger partial charge is 0.249 e. The second-order valence-corrected chi connectivity index (χ2v) is 6.89. The normalized spacial score (nSPS) is 21.8. The maximum Gasteiger partial charge on any atom is 0.249 e. The molecule has 3 rings (SSSR count). The Morgan fingerprint density at radius 1 is 1.08 bits per heavy atom. The Kier molecular flexibility index (Phi) is 6.42. The van der Waals surface area contributed by atoms with Crippen molar-refractivity contribution in [1.29, 1.82) is 0 Å². The van der Waals surface area contributed by atoms with Gasteiger partial charge in [-0.15, -0.1) is 0 Å². The van der Waals surface area contributed by atoms with Gasteiger partial charge in [0.05, 0.1) is 0 Å². The molecule has 2 saturated heterocycles. The molecule has 2 fully saturated rings.